The van der Waals surface area contributed by atoms with Crippen molar-refractivity contribution in [2.24, 2.45) is 0 Å². The van der Waals surface area contributed by atoms with E-state index >= 15 is 0 Å². The molecule has 172 valence electrons. The summed E-state index contributed by atoms with van der Waals surface area (Å²) >= 11 is 0. The van der Waals surface area contributed by atoms with E-state index in [1.54, 1.807) is 18.2 Å². The van der Waals surface area contributed by atoms with Crippen molar-refractivity contribution in [1.82, 2.24) is 29.7 Å². The third-order valence-electron chi connectivity index (χ3n) is 7.51. The number of hydrogen-bond donors (Lipinski definition) is 1. The molecule has 1 N–H and O–H groups in total. The van der Waals surface area contributed by atoms with Crippen LogP contribution in [0.1, 0.15) is 74.6 Å². The van der Waals surface area contributed by atoms with Crippen LogP contribution in [0.15, 0.2) is 48.8 Å². The average Bonchev–Trinajstić information content (AvgIpc) is 3.63. The fourth-order valence-electron chi connectivity index (χ4n) is 5.82. The molecular formula is C28H24N6O. The number of aromatic nitrogens is 4. The Kier molecular flexibility index (Phi) is 3.73. The maximum Gasteiger partial charge on any atom is 0.254 e. The van der Waals surface area contributed by atoms with Crippen molar-refractivity contribution in [1.29, 1.82) is 0 Å². The SMILES string of the molecule is [2H]C([2H])([2H])N1C(=O)c2cccc(C#C)c2[C@H]2C[C@@H]1c1nc3ccc(-c4cnc(C5CCCN5)nc4)cc3n12. The number of carbonyl (C=O) groups excluding carboxylic acids is 1. The van der Waals surface area contributed by atoms with E-state index in [1.165, 1.54) is 0 Å². The molecule has 3 aliphatic rings. The van der Waals surface area contributed by atoms with E-state index in [0.717, 1.165) is 52.3 Å². The minimum Gasteiger partial charge on any atom is -0.331 e. The summed E-state index contributed by atoms with van der Waals surface area (Å²) < 4.78 is 26.6. The van der Waals surface area contributed by atoms with Crippen LogP contribution in [0.3, 0.4) is 0 Å². The molecule has 7 nitrogen and oxygen atoms in total. The summed E-state index contributed by atoms with van der Waals surface area (Å²) in [5.41, 5.74) is 4.98. The van der Waals surface area contributed by atoms with Gasteiger partial charge in [-0.2, -0.15) is 0 Å². The van der Waals surface area contributed by atoms with Crippen LogP contribution < -0.4 is 5.32 Å². The molecule has 0 radical (unpaired) electrons. The Morgan fingerprint density at radius 1 is 1.17 bits per heavy atom. The molecule has 7 heteroatoms. The third-order valence-corrected chi connectivity index (χ3v) is 7.51. The zero-order valence-electron chi connectivity index (χ0n) is 21.9. The van der Waals surface area contributed by atoms with Gasteiger partial charge in [-0.15, -0.1) is 6.42 Å². The highest BCUT2D eigenvalue weighted by molar-refractivity contribution is 5.98. The predicted molar refractivity (Wildman–Crippen MR) is 133 cm³/mol. The summed E-state index contributed by atoms with van der Waals surface area (Å²) in [4.78, 5) is 28.6. The number of fused-ring (bicyclic) bond motifs is 9. The molecule has 0 saturated carbocycles. The molecular weight excluding hydrogens is 436 g/mol. The number of terminal acetylenes is 1. The van der Waals surface area contributed by atoms with Gasteiger partial charge < -0.3 is 14.8 Å². The van der Waals surface area contributed by atoms with Gasteiger partial charge in [0.25, 0.3) is 5.91 Å². The quantitative estimate of drug-likeness (QED) is 0.455. The fraction of sp³-hybridized carbons (Fsp3) is 0.286. The zero-order valence-corrected chi connectivity index (χ0v) is 18.9. The van der Waals surface area contributed by atoms with E-state index in [1.807, 2.05) is 30.6 Å². The first-order valence-electron chi connectivity index (χ1n) is 13.4. The van der Waals surface area contributed by atoms with Gasteiger partial charge in [0.2, 0.25) is 0 Å². The lowest BCUT2D eigenvalue weighted by molar-refractivity contribution is 0.0734. The first-order chi connectivity index (χ1) is 18.3. The maximum atomic E-state index is 13.6. The van der Waals surface area contributed by atoms with Crippen LogP contribution in [0, 0.1) is 12.3 Å². The van der Waals surface area contributed by atoms with Crippen LogP contribution in [0.4, 0.5) is 0 Å². The minimum absolute atomic E-state index is 0.196. The predicted octanol–water partition coefficient (Wildman–Crippen LogP) is 4.02. The molecule has 1 amide bonds. The van der Waals surface area contributed by atoms with Crippen molar-refractivity contribution in [3.05, 3.63) is 77.1 Å². The first kappa shape index (κ1) is 17.4. The highest BCUT2D eigenvalue weighted by Crippen LogP contribution is 2.48. The van der Waals surface area contributed by atoms with E-state index in [9.17, 15) is 4.79 Å². The topological polar surface area (TPSA) is 75.9 Å². The molecule has 3 atom stereocenters. The normalized spacial score (nSPS) is 24.3. The van der Waals surface area contributed by atoms with Crippen molar-refractivity contribution in [2.45, 2.75) is 37.4 Å². The van der Waals surface area contributed by atoms with E-state index < -0.39 is 18.9 Å². The molecule has 7 rings (SSSR count). The fourth-order valence-corrected chi connectivity index (χ4v) is 5.82. The summed E-state index contributed by atoms with van der Waals surface area (Å²) in [7, 11) is 0. The van der Waals surface area contributed by atoms with Crippen LogP contribution >= 0.6 is 0 Å². The lowest BCUT2D eigenvalue weighted by Crippen LogP contribution is -2.30. The summed E-state index contributed by atoms with van der Waals surface area (Å²) in [6.45, 7) is -1.65. The number of amides is 1. The summed E-state index contributed by atoms with van der Waals surface area (Å²) in [6.07, 6.45) is 12.1. The number of hydrogen-bond acceptors (Lipinski definition) is 5. The molecule has 2 aromatic carbocycles. The molecule has 2 bridgehead atoms. The average molecular weight is 464 g/mol. The Morgan fingerprint density at radius 3 is 2.83 bits per heavy atom. The Bertz CT molecular complexity index is 1650. The Labute approximate surface area is 207 Å². The van der Waals surface area contributed by atoms with Gasteiger partial charge in [0.05, 0.1) is 29.2 Å². The Morgan fingerprint density at radius 2 is 2.06 bits per heavy atom. The summed E-state index contributed by atoms with van der Waals surface area (Å²) in [5, 5.41) is 3.42. The lowest BCUT2D eigenvalue weighted by Gasteiger charge is -2.24. The molecule has 1 fully saturated rings. The first-order valence-corrected chi connectivity index (χ1v) is 11.9. The van der Waals surface area contributed by atoms with Gasteiger partial charge in [-0.1, -0.05) is 18.1 Å². The molecule has 2 aromatic heterocycles. The molecule has 1 saturated heterocycles. The van der Waals surface area contributed by atoms with E-state index in [2.05, 4.69) is 25.8 Å². The lowest BCUT2D eigenvalue weighted by atomic mass is 9.93. The van der Waals surface area contributed by atoms with E-state index in [0.29, 0.717) is 28.9 Å². The summed E-state index contributed by atoms with van der Waals surface area (Å²) in [6, 6.07) is 10.3. The molecule has 4 aromatic rings. The van der Waals surface area contributed by atoms with Crippen molar-refractivity contribution >= 4 is 16.9 Å². The maximum absolute atomic E-state index is 13.6. The molecule has 5 heterocycles. The number of benzene rings is 2. The van der Waals surface area contributed by atoms with Gasteiger partial charge in [-0.05, 0) is 49.2 Å². The number of carbonyl (C=O) groups is 1. The second kappa shape index (κ2) is 7.49. The second-order valence-corrected chi connectivity index (χ2v) is 9.38. The summed E-state index contributed by atoms with van der Waals surface area (Å²) in [5.74, 6) is 3.53. The zero-order chi connectivity index (χ0) is 26.2. The van der Waals surface area contributed by atoms with Crippen LogP contribution in [-0.2, 0) is 0 Å². The number of rotatable bonds is 2. The highest BCUT2D eigenvalue weighted by Gasteiger charge is 2.44. The largest absolute Gasteiger partial charge is 0.331 e. The molecule has 0 aliphatic carbocycles. The van der Waals surface area contributed by atoms with E-state index in [4.69, 9.17) is 15.5 Å². The van der Waals surface area contributed by atoms with Crippen molar-refractivity contribution in [2.75, 3.05) is 13.5 Å². The Balaban J connectivity index is 1.39. The third kappa shape index (κ3) is 2.90. The molecule has 0 spiro atoms. The van der Waals surface area contributed by atoms with Gasteiger partial charge in [0.1, 0.15) is 11.6 Å². The van der Waals surface area contributed by atoms with E-state index in [-0.39, 0.29) is 12.1 Å². The minimum atomic E-state index is -2.63. The number of nitrogens with zero attached hydrogens (tertiary/aromatic N) is 5. The van der Waals surface area contributed by atoms with Crippen LogP contribution in [0.25, 0.3) is 22.2 Å². The number of imidazole rings is 1. The molecule has 3 aliphatic heterocycles. The smallest absolute Gasteiger partial charge is 0.254 e. The van der Waals surface area contributed by atoms with Gasteiger partial charge in [-0.25, -0.2) is 15.0 Å². The van der Waals surface area contributed by atoms with Crippen molar-refractivity contribution < 1.29 is 8.91 Å². The van der Waals surface area contributed by atoms with Crippen molar-refractivity contribution in [3.8, 4) is 23.5 Å². The standard InChI is InChI=1S/C28H24N6O/c1-3-16-6-4-7-19-25(16)23-13-24(33(2)28(19)35)27-32-20-10-9-17(12-22(20)34(23)27)18-14-30-26(31-15-18)21-8-5-11-29-21/h1,4,6-7,9-10,12,14-15,21,23-24,29H,5,8,11,13H2,2H3/t21?,23-,24-/m1/s1/i2D3. The van der Waals surface area contributed by atoms with Crippen LogP contribution in [0.5, 0.6) is 0 Å². The van der Waals surface area contributed by atoms with Crippen LogP contribution in [-0.4, -0.2) is 43.8 Å². The van der Waals surface area contributed by atoms with Gasteiger partial charge in [-0.3, -0.25) is 4.79 Å². The highest BCUT2D eigenvalue weighted by atomic mass is 16.2. The second-order valence-electron chi connectivity index (χ2n) is 9.38. The van der Waals surface area contributed by atoms with Crippen LogP contribution in [0.2, 0.25) is 0 Å². The number of nitrogens with one attached hydrogen (secondary N) is 1. The Hall–Kier alpha value is -4.02. The van der Waals surface area contributed by atoms with Crippen molar-refractivity contribution in [3.63, 3.8) is 0 Å². The molecule has 1 unspecified atom stereocenters. The van der Waals surface area contributed by atoms with Gasteiger partial charge in [0, 0.05) is 52.2 Å². The van der Waals surface area contributed by atoms with Gasteiger partial charge >= 0.3 is 0 Å². The van der Waals surface area contributed by atoms with Gasteiger partial charge in [0.15, 0.2) is 0 Å². The monoisotopic (exact) mass is 463 g/mol. The molecule has 35 heavy (non-hydrogen) atoms.